The molecule has 0 spiro atoms. The van der Waals surface area contributed by atoms with E-state index in [1.165, 1.54) is 24.3 Å². The van der Waals surface area contributed by atoms with Crippen molar-refractivity contribution >= 4 is 23.5 Å². The molecule has 0 aliphatic heterocycles. The zero-order chi connectivity index (χ0) is 16.8. The fraction of sp³-hybridized carbons (Fsp3) is 0.118. The Kier molecular flexibility index (Phi) is 5.34. The summed E-state index contributed by atoms with van der Waals surface area (Å²) in [6, 6.07) is 13.7. The van der Waals surface area contributed by atoms with Gasteiger partial charge in [-0.25, -0.2) is 4.79 Å². The molecule has 0 bridgehead atoms. The molecular weight excluding hydrogens is 316 g/mol. The van der Waals surface area contributed by atoms with Crippen molar-refractivity contribution in [1.82, 2.24) is 5.32 Å². The summed E-state index contributed by atoms with van der Waals surface area (Å²) in [7, 11) is 0. The molecule has 0 aliphatic rings. The second-order valence-corrected chi connectivity index (χ2v) is 5.32. The second kappa shape index (κ2) is 7.43. The topological polar surface area (TPSA) is 90.2 Å². The highest BCUT2D eigenvalue weighted by Crippen LogP contribution is 2.13. The van der Waals surface area contributed by atoms with E-state index in [-0.39, 0.29) is 6.42 Å². The predicted octanol–water partition coefficient (Wildman–Crippen LogP) is 2.64. The first kappa shape index (κ1) is 16.5. The van der Waals surface area contributed by atoms with Gasteiger partial charge in [-0.3, -0.25) is 4.79 Å². The molecule has 23 heavy (non-hydrogen) atoms. The number of rotatable bonds is 5. The van der Waals surface area contributed by atoms with Crippen molar-refractivity contribution in [3.8, 4) is 6.07 Å². The number of aliphatic carboxylic acids is 1. The summed E-state index contributed by atoms with van der Waals surface area (Å²) in [6.07, 6.45) is 0.123. The van der Waals surface area contributed by atoms with Gasteiger partial charge in [-0.1, -0.05) is 23.7 Å². The first-order valence-corrected chi connectivity index (χ1v) is 7.15. The number of amides is 1. The highest BCUT2D eigenvalue weighted by Gasteiger charge is 2.21. The minimum absolute atomic E-state index is 0.123. The van der Waals surface area contributed by atoms with Gasteiger partial charge in [-0.05, 0) is 42.0 Å². The zero-order valence-corrected chi connectivity index (χ0v) is 12.7. The van der Waals surface area contributed by atoms with Crippen LogP contribution in [0.25, 0.3) is 0 Å². The van der Waals surface area contributed by atoms with Crippen LogP contribution in [0.4, 0.5) is 0 Å². The van der Waals surface area contributed by atoms with Gasteiger partial charge in [-0.2, -0.15) is 5.26 Å². The fourth-order valence-electron chi connectivity index (χ4n) is 2.04. The highest BCUT2D eigenvalue weighted by molar-refractivity contribution is 6.30. The monoisotopic (exact) mass is 328 g/mol. The van der Waals surface area contributed by atoms with Crippen LogP contribution in [0.5, 0.6) is 0 Å². The summed E-state index contributed by atoms with van der Waals surface area (Å²) in [5.41, 5.74) is 1.43. The van der Waals surface area contributed by atoms with Gasteiger partial charge in [0.25, 0.3) is 5.91 Å². The molecule has 1 amide bonds. The van der Waals surface area contributed by atoms with Crippen LogP contribution in [0, 0.1) is 11.3 Å². The highest BCUT2D eigenvalue weighted by atomic mass is 35.5. The van der Waals surface area contributed by atoms with Crippen molar-refractivity contribution in [3.05, 3.63) is 70.2 Å². The van der Waals surface area contributed by atoms with Crippen molar-refractivity contribution in [2.75, 3.05) is 0 Å². The SMILES string of the molecule is N#Cc1ccc(C(=O)N[C@@H](Cc2cccc(Cl)c2)C(=O)O)cc1. The minimum Gasteiger partial charge on any atom is -0.480 e. The smallest absolute Gasteiger partial charge is 0.326 e. The van der Waals surface area contributed by atoms with Gasteiger partial charge in [0.1, 0.15) is 6.04 Å². The van der Waals surface area contributed by atoms with Crippen molar-refractivity contribution in [2.24, 2.45) is 0 Å². The van der Waals surface area contributed by atoms with Gasteiger partial charge in [0.15, 0.2) is 0 Å². The Labute approximate surface area is 138 Å². The molecule has 0 aromatic heterocycles. The Bertz CT molecular complexity index is 766. The number of hydrogen-bond acceptors (Lipinski definition) is 3. The van der Waals surface area contributed by atoms with Gasteiger partial charge in [0.2, 0.25) is 0 Å². The Morgan fingerprint density at radius 2 is 1.91 bits per heavy atom. The van der Waals surface area contributed by atoms with E-state index in [4.69, 9.17) is 16.9 Å². The summed E-state index contributed by atoms with van der Waals surface area (Å²) >= 11 is 5.88. The average Bonchev–Trinajstić information content (AvgIpc) is 2.54. The number of carboxylic acid groups (broad SMARTS) is 1. The Morgan fingerprint density at radius 1 is 1.22 bits per heavy atom. The molecule has 2 rings (SSSR count). The molecule has 0 aliphatic carbocycles. The number of benzene rings is 2. The van der Waals surface area contributed by atoms with Gasteiger partial charge < -0.3 is 10.4 Å². The van der Waals surface area contributed by atoms with Crippen LogP contribution in [0.1, 0.15) is 21.5 Å². The molecule has 1 atom stereocenters. The van der Waals surface area contributed by atoms with Gasteiger partial charge in [0.05, 0.1) is 11.6 Å². The predicted molar refractivity (Wildman–Crippen MR) is 85.2 cm³/mol. The molecule has 2 aromatic rings. The zero-order valence-electron chi connectivity index (χ0n) is 12.0. The average molecular weight is 329 g/mol. The van der Waals surface area contributed by atoms with Crippen LogP contribution in [0.3, 0.4) is 0 Å². The van der Waals surface area contributed by atoms with Crippen molar-refractivity contribution in [3.63, 3.8) is 0 Å². The lowest BCUT2D eigenvalue weighted by Crippen LogP contribution is -2.42. The minimum atomic E-state index is -1.13. The molecule has 0 saturated carbocycles. The number of hydrogen-bond donors (Lipinski definition) is 2. The Balaban J connectivity index is 2.11. The molecule has 0 unspecified atom stereocenters. The molecule has 116 valence electrons. The summed E-state index contributed by atoms with van der Waals surface area (Å²) in [5, 5.41) is 21.0. The standard InChI is InChI=1S/C17H13ClN2O3/c18-14-3-1-2-12(8-14)9-15(17(22)23)20-16(21)13-6-4-11(10-19)5-7-13/h1-8,15H,9H2,(H,20,21)(H,22,23)/t15-/m0/s1. The van der Waals surface area contributed by atoms with E-state index in [1.807, 2.05) is 6.07 Å². The van der Waals surface area contributed by atoms with E-state index < -0.39 is 17.9 Å². The first-order valence-electron chi connectivity index (χ1n) is 6.78. The lowest BCUT2D eigenvalue weighted by Gasteiger charge is -2.15. The van der Waals surface area contributed by atoms with Gasteiger partial charge in [0, 0.05) is 17.0 Å². The summed E-state index contributed by atoms with van der Waals surface area (Å²) in [5.74, 6) is -1.64. The summed E-state index contributed by atoms with van der Waals surface area (Å²) in [6.45, 7) is 0. The molecule has 5 nitrogen and oxygen atoms in total. The lowest BCUT2D eigenvalue weighted by molar-refractivity contribution is -0.139. The summed E-state index contributed by atoms with van der Waals surface area (Å²) < 4.78 is 0. The molecule has 0 heterocycles. The molecular formula is C17H13ClN2O3. The molecule has 0 saturated heterocycles. The van der Waals surface area contributed by atoms with Gasteiger partial charge in [-0.15, -0.1) is 0 Å². The molecule has 2 aromatic carbocycles. The van der Waals surface area contributed by atoms with E-state index in [2.05, 4.69) is 5.32 Å². The third kappa shape index (κ3) is 4.56. The molecule has 2 N–H and O–H groups in total. The van der Waals surface area contributed by atoms with Crippen LogP contribution in [0.15, 0.2) is 48.5 Å². The summed E-state index contributed by atoms with van der Waals surface area (Å²) in [4.78, 5) is 23.5. The van der Waals surface area contributed by atoms with Crippen molar-refractivity contribution < 1.29 is 14.7 Å². The number of carboxylic acids is 1. The second-order valence-electron chi connectivity index (χ2n) is 4.89. The van der Waals surface area contributed by atoms with Crippen LogP contribution in [-0.4, -0.2) is 23.0 Å². The number of nitriles is 1. The first-order chi connectivity index (χ1) is 11.0. The third-order valence-electron chi connectivity index (χ3n) is 3.21. The van der Waals surface area contributed by atoms with E-state index in [0.29, 0.717) is 21.7 Å². The van der Waals surface area contributed by atoms with E-state index in [1.54, 1.807) is 24.3 Å². The van der Waals surface area contributed by atoms with Crippen molar-refractivity contribution in [1.29, 1.82) is 5.26 Å². The Hall–Kier alpha value is -2.84. The third-order valence-corrected chi connectivity index (χ3v) is 3.44. The number of halogens is 1. The maximum atomic E-state index is 12.1. The lowest BCUT2D eigenvalue weighted by atomic mass is 10.1. The van der Waals surface area contributed by atoms with Gasteiger partial charge >= 0.3 is 5.97 Å². The maximum absolute atomic E-state index is 12.1. The maximum Gasteiger partial charge on any atom is 0.326 e. The number of nitrogens with zero attached hydrogens (tertiary/aromatic N) is 1. The molecule has 6 heteroatoms. The van der Waals surface area contributed by atoms with Crippen molar-refractivity contribution in [2.45, 2.75) is 12.5 Å². The van der Waals surface area contributed by atoms with E-state index in [9.17, 15) is 14.7 Å². The quantitative estimate of drug-likeness (QED) is 0.882. The molecule has 0 radical (unpaired) electrons. The largest absolute Gasteiger partial charge is 0.480 e. The number of nitrogens with one attached hydrogen (secondary N) is 1. The van der Waals surface area contributed by atoms with Crippen LogP contribution < -0.4 is 5.32 Å². The normalized spacial score (nSPS) is 11.3. The van der Waals surface area contributed by atoms with E-state index >= 15 is 0 Å². The number of carbonyl (C=O) groups is 2. The number of carbonyl (C=O) groups excluding carboxylic acids is 1. The molecule has 0 fully saturated rings. The van der Waals surface area contributed by atoms with Crippen LogP contribution in [0.2, 0.25) is 5.02 Å². The van der Waals surface area contributed by atoms with E-state index in [0.717, 1.165) is 0 Å². The Morgan fingerprint density at radius 3 is 2.48 bits per heavy atom. The van der Waals surface area contributed by atoms with Crippen LogP contribution in [-0.2, 0) is 11.2 Å². The van der Waals surface area contributed by atoms with Crippen LogP contribution >= 0.6 is 11.6 Å². The fourth-order valence-corrected chi connectivity index (χ4v) is 2.25.